The summed E-state index contributed by atoms with van der Waals surface area (Å²) < 4.78 is 0.354. The average molecular weight is 248 g/mol. The van der Waals surface area contributed by atoms with Crippen molar-refractivity contribution in [3.8, 4) is 6.07 Å². The van der Waals surface area contributed by atoms with E-state index in [9.17, 15) is 0 Å². The highest BCUT2D eigenvalue weighted by Gasteiger charge is 2.41. The summed E-state index contributed by atoms with van der Waals surface area (Å²) in [5.74, 6) is 0.621. The number of rotatable bonds is 4. The molecule has 0 aromatic carbocycles. The number of nitrogens with zero attached hydrogens (tertiary/aromatic N) is 3. The van der Waals surface area contributed by atoms with Crippen LogP contribution in [-0.2, 0) is 0 Å². The molecule has 1 aromatic rings. The van der Waals surface area contributed by atoms with Gasteiger partial charge < -0.3 is 5.32 Å². The molecule has 1 fully saturated rings. The molecule has 17 heavy (non-hydrogen) atoms. The molecule has 4 nitrogen and oxygen atoms in total. The van der Waals surface area contributed by atoms with Crippen molar-refractivity contribution in [1.82, 2.24) is 10.2 Å². The Bertz CT molecular complexity index is 474. The van der Waals surface area contributed by atoms with Gasteiger partial charge in [-0.2, -0.15) is 22.1 Å². The second kappa shape index (κ2) is 4.53. The predicted octanol–water partition coefficient (Wildman–Crippen LogP) is 2.27. The molecule has 5 heteroatoms. The van der Waals surface area contributed by atoms with Crippen LogP contribution in [0.25, 0.3) is 0 Å². The maximum absolute atomic E-state index is 9.16. The minimum atomic E-state index is 0.354. The van der Waals surface area contributed by atoms with Crippen LogP contribution in [0.2, 0.25) is 0 Å². The zero-order chi connectivity index (χ0) is 12.5. The first-order valence-corrected chi connectivity index (χ1v) is 6.87. The molecule has 2 rings (SSSR count). The highest BCUT2D eigenvalue weighted by molar-refractivity contribution is 8.00. The van der Waals surface area contributed by atoms with Crippen molar-refractivity contribution in [1.29, 1.82) is 5.26 Å². The normalized spacial score (nSPS) is 16.4. The lowest BCUT2D eigenvalue weighted by Crippen LogP contribution is -2.19. The number of nitrogens with one attached hydrogen (secondary N) is 1. The lowest BCUT2D eigenvalue weighted by atomic mass is 10.1. The van der Waals surface area contributed by atoms with E-state index in [2.05, 4.69) is 27.8 Å². The van der Waals surface area contributed by atoms with Crippen LogP contribution in [0.15, 0.2) is 0 Å². The molecule has 0 atom stereocenters. The Labute approximate surface area is 106 Å². The van der Waals surface area contributed by atoms with E-state index in [4.69, 9.17) is 5.26 Å². The van der Waals surface area contributed by atoms with Crippen LogP contribution in [0, 0.1) is 25.2 Å². The third kappa shape index (κ3) is 2.37. The van der Waals surface area contributed by atoms with Crippen molar-refractivity contribution < 1.29 is 0 Å². The largest absolute Gasteiger partial charge is 0.366 e. The molecule has 1 N–H and O–H groups in total. The van der Waals surface area contributed by atoms with Crippen molar-refractivity contribution in [2.45, 2.75) is 31.4 Å². The Morgan fingerprint density at radius 2 is 2.12 bits per heavy atom. The second-order valence-corrected chi connectivity index (χ2v) is 5.76. The summed E-state index contributed by atoms with van der Waals surface area (Å²) in [4.78, 5) is 0. The van der Waals surface area contributed by atoms with Gasteiger partial charge >= 0.3 is 0 Å². The third-order valence-electron chi connectivity index (χ3n) is 3.39. The van der Waals surface area contributed by atoms with Crippen molar-refractivity contribution in [3.63, 3.8) is 0 Å². The monoisotopic (exact) mass is 248 g/mol. The molecule has 0 bridgehead atoms. The van der Waals surface area contributed by atoms with E-state index in [1.807, 2.05) is 25.6 Å². The summed E-state index contributed by atoms with van der Waals surface area (Å²) in [6.45, 7) is 4.65. The molecule has 1 aliphatic rings. The third-order valence-corrected chi connectivity index (χ3v) is 4.80. The Morgan fingerprint density at radius 1 is 1.41 bits per heavy atom. The van der Waals surface area contributed by atoms with Gasteiger partial charge in [-0.25, -0.2) is 0 Å². The standard InChI is InChI=1S/C12H16N4S/c1-8-9(2)15-16-11(10(8)6-13)14-7-12(17-3)4-5-12/h4-5,7H2,1-3H3,(H,14,16). The molecule has 1 saturated carbocycles. The molecular formula is C12H16N4S. The highest BCUT2D eigenvalue weighted by Crippen LogP contribution is 2.47. The summed E-state index contributed by atoms with van der Waals surface area (Å²) in [7, 11) is 0. The minimum absolute atomic E-state index is 0.354. The first kappa shape index (κ1) is 12.2. The molecule has 1 aromatic heterocycles. The van der Waals surface area contributed by atoms with Gasteiger partial charge in [0, 0.05) is 11.3 Å². The molecule has 1 aliphatic carbocycles. The number of nitriles is 1. The van der Waals surface area contributed by atoms with E-state index in [-0.39, 0.29) is 0 Å². The molecule has 0 spiro atoms. The molecule has 0 saturated heterocycles. The van der Waals surface area contributed by atoms with Gasteiger partial charge in [-0.3, -0.25) is 0 Å². The summed E-state index contributed by atoms with van der Waals surface area (Å²) >= 11 is 1.88. The molecule has 0 radical (unpaired) electrons. The second-order valence-electron chi connectivity index (χ2n) is 4.49. The topological polar surface area (TPSA) is 61.6 Å². The van der Waals surface area contributed by atoms with E-state index in [0.717, 1.165) is 17.8 Å². The Morgan fingerprint density at radius 3 is 2.65 bits per heavy atom. The van der Waals surface area contributed by atoms with Gasteiger partial charge in [0.1, 0.15) is 11.6 Å². The molecular weight excluding hydrogens is 232 g/mol. The van der Waals surface area contributed by atoms with Gasteiger partial charge in [-0.15, -0.1) is 5.10 Å². The lowest BCUT2D eigenvalue weighted by molar-refractivity contribution is 0.902. The van der Waals surface area contributed by atoms with Crippen molar-refractivity contribution in [3.05, 3.63) is 16.8 Å². The fourth-order valence-electron chi connectivity index (χ4n) is 1.71. The molecule has 0 unspecified atom stereocenters. The van der Waals surface area contributed by atoms with Crippen molar-refractivity contribution in [2.24, 2.45) is 0 Å². The molecule has 1 heterocycles. The van der Waals surface area contributed by atoms with Gasteiger partial charge in [0.2, 0.25) is 0 Å². The van der Waals surface area contributed by atoms with Gasteiger partial charge in [-0.1, -0.05) is 0 Å². The average Bonchev–Trinajstić information content (AvgIpc) is 3.11. The zero-order valence-electron chi connectivity index (χ0n) is 10.4. The van der Waals surface area contributed by atoms with Crippen LogP contribution in [0.3, 0.4) is 0 Å². The van der Waals surface area contributed by atoms with Crippen LogP contribution in [0.5, 0.6) is 0 Å². The predicted molar refractivity (Wildman–Crippen MR) is 70.2 cm³/mol. The number of anilines is 1. The van der Waals surface area contributed by atoms with Gasteiger partial charge in [-0.05, 0) is 38.5 Å². The lowest BCUT2D eigenvalue weighted by Gasteiger charge is -2.14. The molecule has 0 amide bonds. The first-order valence-electron chi connectivity index (χ1n) is 5.65. The first-order chi connectivity index (χ1) is 8.12. The number of hydrogen-bond acceptors (Lipinski definition) is 5. The van der Waals surface area contributed by atoms with E-state index >= 15 is 0 Å². The van der Waals surface area contributed by atoms with Crippen LogP contribution >= 0.6 is 11.8 Å². The molecule has 0 aliphatic heterocycles. The number of hydrogen-bond donors (Lipinski definition) is 1. The maximum atomic E-state index is 9.16. The summed E-state index contributed by atoms with van der Waals surface area (Å²) in [6.07, 6.45) is 4.61. The van der Waals surface area contributed by atoms with Crippen molar-refractivity contribution in [2.75, 3.05) is 18.1 Å². The Balaban J connectivity index is 2.16. The van der Waals surface area contributed by atoms with E-state index in [1.54, 1.807) is 0 Å². The smallest absolute Gasteiger partial charge is 0.166 e. The summed E-state index contributed by atoms with van der Waals surface area (Å²) in [5, 5.41) is 20.6. The summed E-state index contributed by atoms with van der Waals surface area (Å²) in [5.41, 5.74) is 2.35. The number of thioether (sulfide) groups is 1. The van der Waals surface area contributed by atoms with Crippen LogP contribution in [0.4, 0.5) is 5.82 Å². The highest BCUT2D eigenvalue weighted by atomic mass is 32.2. The van der Waals surface area contributed by atoms with E-state index < -0.39 is 0 Å². The number of aromatic nitrogens is 2. The minimum Gasteiger partial charge on any atom is -0.366 e. The van der Waals surface area contributed by atoms with E-state index in [0.29, 0.717) is 16.1 Å². The Hall–Kier alpha value is -1.28. The fraction of sp³-hybridized carbons (Fsp3) is 0.583. The SMILES string of the molecule is CSC1(CNc2nnc(C)c(C)c2C#N)CC1. The summed E-state index contributed by atoms with van der Waals surface area (Å²) in [6, 6.07) is 2.21. The van der Waals surface area contributed by atoms with Gasteiger partial charge in [0.15, 0.2) is 5.82 Å². The Kier molecular flexibility index (Phi) is 3.25. The van der Waals surface area contributed by atoms with Crippen LogP contribution in [-0.4, -0.2) is 27.7 Å². The molecule has 90 valence electrons. The fourth-order valence-corrected chi connectivity index (χ4v) is 2.43. The quantitative estimate of drug-likeness (QED) is 0.885. The van der Waals surface area contributed by atoms with E-state index in [1.165, 1.54) is 12.8 Å². The number of aryl methyl sites for hydroxylation is 1. The van der Waals surface area contributed by atoms with Gasteiger partial charge in [0.25, 0.3) is 0 Å². The maximum Gasteiger partial charge on any atom is 0.166 e. The van der Waals surface area contributed by atoms with Gasteiger partial charge in [0.05, 0.1) is 5.69 Å². The van der Waals surface area contributed by atoms with Crippen LogP contribution < -0.4 is 5.32 Å². The van der Waals surface area contributed by atoms with Crippen molar-refractivity contribution >= 4 is 17.6 Å². The zero-order valence-corrected chi connectivity index (χ0v) is 11.2. The van der Waals surface area contributed by atoms with Crippen LogP contribution in [0.1, 0.15) is 29.7 Å².